The predicted molar refractivity (Wildman–Crippen MR) is 122 cm³/mol. The first-order chi connectivity index (χ1) is 14.5. The maximum Gasteiger partial charge on any atom is 0.341 e. The van der Waals surface area contributed by atoms with Crippen LogP contribution in [0.4, 0.5) is 5.69 Å². The molecule has 1 fully saturated rings. The molecule has 1 aliphatic rings. The summed E-state index contributed by atoms with van der Waals surface area (Å²) in [6, 6.07) is 10.9. The van der Waals surface area contributed by atoms with E-state index in [0.717, 1.165) is 18.8 Å². The summed E-state index contributed by atoms with van der Waals surface area (Å²) in [7, 11) is 1.47. The highest BCUT2D eigenvalue weighted by Crippen LogP contribution is 2.33. The molecule has 9 heteroatoms. The van der Waals surface area contributed by atoms with E-state index in [-0.39, 0.29) is 5.91 Å². The highest BCUT2D eigenvalue weighted by molar-refractivity contribution is 14.1. The number of rotatable bonds is 8. The van der Waals surface area contributed by atoms with E-state index in [1.807, 2.05) is 34.7 Å². The highest BCUT2D eigenvalue weighted by atomic mass is 127. The minimum atomic E-state index is -1.07. The first-order valence-corrected chi connectivity index (χ1v) is 10.5. The van der Waals surface area contributed by atoms with E-state index in [4.69, 9.17) is 14.6 Å². The van der Waals surface area contributed by atoms with Crippen LogP contribution in [0.5, 0.6) is 11.5 Å². The zero-order valence-electron chi connectivity index (χ0n) is 16.4. The maximum absolute atomic E-state index is 12.3. The van der Waals surface area contributed by atoms with Gasteiger partial charge in [0, 0.05) is 24.3 Å². The summed E-state index contributed by atoms with van der Waals surface area (Å²) in [5.74, 6) is -0.648. The van der Waals surface area contributed by atoms with Gasteiger partial charge in [0.05, 0.1) is 16.9 Å². The Morgan fingerprint density at radius 1 is 1.23 bits per heavy atom. The monoisotopic (exact) mass is 523 g/mol. The molecule has 3 rings (SSSR count). The van der Waals surface area contributed by atoms with Gasteiger partial charge in [-0.1, -0.05) is 0 Å². The van der Waals surface area contributed by atoms with Gasteiger partial charge >= 0.3 is 5.97 Å². The van der Waals surface area contributed by atoms with Gasteiger partial charge in [-0.05, 0) is 77.4 Å². The molecule has 0 saturated carbocycles. The quantitative estimate of drug-likeness (QED) is 0.314. The Balaban J connectivity index is 1.63. The SMILES string of the molecule is COc1cc(/C=N\NC(=O)c2ccc(N3CCCC3)cc2)cc(I)c1OCC(=O)O. The number of nitrogens with one attached hydrogen (secondary N) is 1. The molecule has 1 heterocycles. The van der Waals surface area contributed by atoms with E-state index in [9.17, 15) is 9.59 Å². The third-order valence-electron chi connectivity index (χ3n) is 4.57. The van der Waals surface area contributed by atoms with E-state index in [1.54, 1.807) is 24.3 Å². The molecule has 1 saturated heterocycles. The number of hydrazone groups is 1. The van der Waals surface area contributed by atoms with Crippen molar-refractivity contribution in [3.8, 4) is 11.5 Å². The number of benzene rings is 2. The van der Waals surface area contributed by atoms with Gasteiger partial charge in [0.25, 0.3) is 5.91 Å². The fourth-order valence-corrected chi connectivity index (χ4v) is 3.90. The second kappa shape index (κ2) is 10.3. The predicted octanol–water partition coefficient (Wildman–Crippen LogP) is 3.13. The first-order valence-electron chi connectivity index (χ1n) is 9.38. The highest BCUT2D eigenvalue weighted by Gasteiger charge is 2.14. The smallest absolute Gasteiger partial charge is 0.341 e. The van der Waals surface area contributed by atoms with Crippen LogP contribution < -0.4 is 19.8 Å². The molecule has 0 aliphatic carbocycles. The van der Waals surface area contributed by atoms with Crippen molar-refractivity contribution in [2.75, 3.05) is 31.7 Å². The van der Waals surface area contributed by atoms with E-state index in [1.165, 1.54) is 26.2 Å². The van der Waals surface area contributed by atoms with Crippen LogP contribution in [-0.2, 0) is 4.79 Å². The van der Waals surface area contributed by atoms with Crippen LogP contribution >= 0.6 is 22.6 Å². The van der Waals surface area contributed by atoms with E-state index in [0.29, 0.717) is 26.2 Å². The van der Waals surface area contributed by atoms with Gasteiger partial charge in [-0.3, -0.25) is 4.79 Å². The number of anilines is 1. The van der Waals surface area contributed by atoms with Crippen LogP contribution in [0.2, 0.25) is 0 Å². The van der Waals surface area contributed by atoms with Crippen molar-refractivity contribution < 1.29 is 24.2 Å². The number of carbonyl (C=O) groups is 2. The summed E-state index contributed by atoms with van der Waals surface area (Å²) < 4.78 is 11.2. The normalized spacial score (nSPS) is 13.5. The Morgan fingerprint density at radius 2 is 1.93 bits per heavy atom. The fraction of sp³-hybridized carbons (Fsp3) is 0.286. The number of aliphatic carboxylic acids is 1. The van der Waals surface area contributed by atoms with Gasteiger partial charge < -0.3 is 19.5 Å². The number of amides is 1. The largest absolute Gasteiger partial charge is 0.493 e. The number of carbonyl (C=O) groups excluding carboxylic acids is 1. The molecule has 1 aliphatic heterocycles. The lowest BCUT2D eigenvalue weighted by molar-refractivity contribution is -0.139. The van der Waals surface area contributed by atoms with E-state index < -0.39 is 12.6 Å². The number of halogens is 1. The second-order valence-corrected chi connectivity index (χ2v) is 7.82. The average molecular weight is 523 g/mol. The average Bonchev–Trinajstić information content (AvgIpc) is 3.27. The molecule has 0 bridgehead atoms. The zero-order valence-corrected chi connectivity index (χ0v) is 18.6. The molecule has 0 unspecified atom stereocenters. The number of hydrogen-bond donors (Lipinski definition) is 2. The molecule has 2 aromatic rings. The third kappa shape index (κ3) is 5.62. The number of ether oxygens (including phenoxy) is 2. The maximum atomic E-state index is 12.3. The van der Waals surface area contributed by atoms with E-state index in [2.05, 4.69) is 15.4 Å². The number of carboxylic acid groups (broad SMARTS) is 1. The van der Waals surface area contributed by atoms with Crippen LogP contribution in [-0.4, -0.2) is 50.0 Å². The molecule has 0 spiro atoms. The lowest BCUT2D eigenvalue weighted by Gasteiger charge is -2.17. The van der Waals surface area contributed by atoms with Crippen molar-refractivity contribution in [3.05, 3.63) is 51.1 Å². The fourth-order valence-electron chi connectivity index (χ4n) is 3.12. The molecular formula is C21H22IN3O5. The standard InChI is InChI=1S/C21H22IN3O5/c1-29-18-11-14(10-17(22)20(18)30-13-19(26)27)12-23-24-21(28)15-4-6-16(7-5-15)25-8-2-3-9-25/h4-7,10-12H,2-3,8-9,13H2,1H3,(H,24,28)(H,26,27)/b23-12-. The molecule has 30 heavy (non-hydrogen) atoms. The van der Waals surface area contributed by atoms with Crippen molar-refractivity contribution in [2.24, 2.45) is 5.10 Å². The van der Waals surface area contributed by atoms with Gasteiger partial charge in [-0.25, -0.2) is 10.2 Å². The summed E-state index contributed by atoms with van der Waals surface area (Å²) in [6.07, 6.45) is 3.89. The van der Waals surface area contributed by atoms with Crippen LogP contribution in [0.15, 0.2) is 41.5 Å². The third-order valence-corrected chi connectivity index (χ3v) is 5.37. The van der Waals surface area contributed by atoms with Crippen molar-refractivity contribution in [3.63, 3.8) is 0 Å². The molecule has 0 aromatic heterocycles. The second-order valence-electron chi connectivity index (χ2n) is 6.66. The van der Waals surface area contributed by atoms with Crippen LogP contribution in [0.1, 0.15) is 28.8 Å². The summed E-state index contributed by atoms with van der Waals surface area (Å²) in [6.45, 7) is 1.64. The number of nitrogens with zero attached hydrogens (tertiary/aromatic N) is 2. The molecule has 158 valence electrons. The minimum absolute atomic E-state index is 0.303. The van der Waals surface area contributed by atoms with Crippen LogP contribution in [0.3, 0.4) is 0 Å². The van der Waals surface area contributed by atoms with Crippen molar-refractivity contribution in [1.82, 2.24) is 5.43 Å². The number of methoxy groups -OCH3 is 1. The Bertz CT molecular complexity index is 940. The van der Waals surface area contributed by atoms with Crippen molar-refractivity contribution in [1.29, 1.82) is 0 Å². The molecule has 0 radical (unpaired) electrons. The lowest BCUT2D eigenvalue weighted by atomic mass is 10.2. The van der Waals surface area contributed by atoms with Gasteiger partial charge in [0.1, 0.15) is 0 Å². The van der Waals surface area contributed by atoms with Gasteiger partial charge in [-0.2, -0.15) is 5.10 Å². The lowest BCUT2D eigenvalue weighted by Crippen LogP contribution is -2.19. The van der Waals surface area contributed by atoms with Gasteiger partial charge in [0.15, 0.2) is 18.1 Å². The molecule has 0 atom stereocenters. The molecule has 8 nitrogen and oxygen atoms in total. The van der Waals surface area contributed by atoms with Crippen molar-refractivity contribution >= 4 is 46.4 Å². The first kappa shape index (κ1) is 21.9. The Morgan fingerprint density at radius 3 is 2.57 bits per heavy atom. The summed E-state index contributed by atoms with van der Waals surface area (Å²) >= 11 is 2.02. The van der Waals surface area contributed by atoms with Crippen molar-refractivity contribution in [2.45, 2.75) is 12.8 Å². The van der Waals surface area contributed by atoms with Gasteiger partial charge in [0.2, 0.25) is 0 Å². The Hall–Kier alpha value is -2.82. The Kier molecular flexibility index (Phi) is 7.50. The van der Waals surface area contributed by atoms with E-state index >= 15 is 0 Å². The zero-order chi connectivity index (χ0) is 21.5. The minimum Gasteiger partial charge on any atom is -0.493 e. The van der Waals surface area contributed by atoms with Gasteiger partial charge in [-0.15, -0.1) is 0 Å². The molecule has 2 N–H and O–H groups in total. The summed E-state index contributed by atoms with van der Waals surface area (Å²) in [5, 5.41) is 12.8. The van der Waals surface area contributed by atoms with Crippen LogP contribution in [0.25, 0.3) is 0 Å². The molecular weight excluding hydrogens is 501 g/mol. The molecule has 1 amide bonds. The van der Waals surface area contributed by atoms with Crippen LogP contribution in [0, 0.1) is 3.57 Å². The summed E-state index contributed by atoms with van der Waals surface area (Å²) in [4.78, 5) is 25.4. The number of carboxylic acids is 1. The summed E-state index contributed by atoms with van der Waals surface area (Å²) in [5.41, 5.74) is 4.83. The number of hydrogen-bond acceptors (Lipinski definition) is 6. The molecule has 2 aromatic carbocycles. The topological polar surface area (TPSA) is 100 Å². The Labute approximate surface area is 188 Å².